The normalized spacial score (nSPS) is 11.0. The predicted octanol–water partition coefficient (Wildman–Crippen LogP) is 10.5. The maximum Gasteiger partial charge on any atom is 0.204 e. The Labute approximate surface area is 259 Å². The van der Waals surface area contributed by atoms with E-state index in [0.29, 0.717) is 5.82 Å². The molecule has 4 heterocycles. The Bertz CT molecular complexity index is 1910. The second-order valence-electron chi connectivity index (χ2n) is 10.1. The van der Waals surface area contributed by atoms with E-state index in [2.05, 4.69) is 103 Å². The largest absolute Gasteiger partial charge is 0.229 e. The van der Waals surface area contributed by atoms with Crippen LogP contribution >= 0.6 is 46.6 Å². The van der Waals surface area contributed by atoms with Gasteiger partial charge in [0.1, 0.15) is 0 Å². The van der Waals surface area contributed by atoms with Crippen LogP contribution in [-0.2, 0) is 6.42 Å². The van der Waals surface area contributed by atoms with Crippen molar-refractivity contribution >= 4 is 46.6 Å². The maximum atomic E-state index is 4.70. The van der Waals surface area contributed by atoms with Gasteiger partial charge in [0, 0.05) is 52.1 Å². The van der Waals surface area contributed by atoms with Crippen LogP contribution in [0, 0.1) is 32.6 Å². The number of aryl methyl sites for hydroxylation is 3. The standard InChI is InChI=1S/C35H28N2S4/c1-5-6-33-36-19-27(20-37-33)29-12-11-28(38)17-25(29)16-26-18-32(41-35(26)24-9-7-21(2)8-10-24)30-13-14-31(40-30)34-22(3)15-23(4)39-34/h7-15,17-20,38H,16H2,1-4H3. The summed E-state index contributed by atoms with van der Waals surface area (Å²) in [6.07, 6.45) is 4.51. The van der Waals surface area contributed by atoms with E-state index < -0.39 is 0 Å². The molecule has 0 saturated carbocycles. The number of hydrogen-bond donors (Lipinski definition) is 1. The van der Waals surface area contributed by atoms with Crippen LogP contribution in [0.15, 0.2) is 84.0 Å². The molecule has 202 valence electrons. The van der Waals surface area contributed by atoms with E-state index in [0.717, 1.165) is 22.4 Å². The van der Waals surface area contributed by atoms with Crippen molar-refractivity contribution < 1.29 is 0 Å². The van der Waals surface area contributed by atoms with E-state index in [-0.39, 0.29) is 0 Å². The number of thiol groups is 1. The highest BCUT2D eigenvalue weighted by atomic mass is 32.1. The molecule has 0 spiro atoms. The Hall–Kier alpha value is -3.47. The smallest absolute Gasteiger partial charge is 0.204 e. The van der Waals surface area contributed by atoms with Crippen molar-refractivity contribution in [3.05, 3.63) is 112 Å². The minimum absolute atomic E-state index is 0.538. The highest BCUT2D eigenvalue weighted by Gasteiger charge is 2.18. The fourth-order valence-electron chi connectivity index (χ4n) is 4.97. The summed E-state index contributed by atoms with van der Waals surface area (Å²) in [5.74, 6) is 6.34. The number of thiophene rings is 3. The number of aromatic nitrogens is 2. The third-order valence-corrected chi connectivity index (χ3v) is 11.0. The first-order chi connectivity index (χ1) is 19.9. The van der Waals surface area contributed by atoms with Gasteiger partial charge in [0.2, 0.25) is 5.82 Å². The molecule has 0 radical (unpaired) electrons. The minimum atomic E-state index is 0.538. The molecule has 0 fully saturated rings. The zero-order valence-corrected chi connectivity index (χ0v) is 26.6. The Morgan fingerprint density at radius 3 is 2.17 bits per heavy atom. The Morgan fingerprint density at radius 1 is 0.707 bits per heavy atom. The van der Waals surface area contributed by atoms with Crippen LogP contribution in [-0.4, -0.2) is 9.97 Å². The number of nitrogens with zero attached hydrogens (tertiary/aromatic N) is 2. The third-order valence-electron chi connectivity index (χ3n) is 6.91. The van der Waals surface area contributed by atoms with Gasteiger partial charge in [0.05, 0.1) is 0 Å². The molecule has 0 N–H and O–H groups in total. The lowest BCUT2D eigenvalue weighted by Crippen LogP contribution is -1.96. The van der Waals surface area contributed by atoms with Crippen LogP contribution in [0.3, 0.4) is 0 Å². The van der Waals surface area contributed by atoms with E-state index in [1.165, 1.54) is 57.1 Å². The molecule has 0 amide bonds. The van der Waals surface area contributed by atoms with Crippen molar-refractivity contribution in [1.29, 1.82) is 0 Å². The average Bonchev–Trinajstić information content (AvgIpc) is 3.68. The monoisotopic (exact) mass is 604 g/mol. The molecule has 0 unspecified atom stereocenters. The van der Waals surface area contributed by atoms with Gasteiger partial charge in [-0.3, -0.25) is 0 Å². The van der Waals surface area contributed by atoms with Gasteiger partial charge in [0.15, 0.2) is 0 Å². The molecular formula is C35H28N2S4. The molecule has 0 atom stereocenters. The van der Waals surface area contributed by atoms with E-state index in [9.17, 15) is 0 Å². The van der Waals surface area contributed by atoms with Crippen LogP contribution in [0.25, 0.3) is 41.1 Å². The summed E-state index contributed by atoms with van der Waals surface area (Å²) in [5, 5.41) is 0. The molecule has 41 heavy (non-hydrogen) atoms. The quantitative estimate of drug-likeness (QED) is 0.151. The summed E-state index contributed by atoms with van der Waals surface area (Å²) in [5.41, 5.74) is 8.46. The van der Waals surface area contributed by atoms with Crippen molar-refractivity contribution in [2.45, 2.75) is 39.0 Å². The van der Waals surface area contributed by atoms with E-state index in [1.807, 2.05) is 52.5 Å². The highest BCUT2D eigenvalue weighted by molar-refractivity contribution is 7.80. The molecule has 6 heteroatoms. The van der Waals surface area contributed by atoms with Crippen LogP contribution in [0.5, 0.6) is 0 Å². The Balaban J connectivity index is 1.42. The van der Waals surface area contributed by atoms with Gasteiger partial charge in [-0.15, -0.1) is 46.6 Å². The SMILES string of the molecule is CC#Cc1ncc(-c2ccc(S)cc2Cc2cc(-c3ccc(-c4sc(C)cc4C)s3)sc2-c2ccc(C)cc2)cn1. The van der Waals surface area contributed by atoms with Crippen molar-refractivity contribution in [2.75, 3.05) is 0 Å². The van der Waals surface area contributed by atoms with E-state index in [1.54, 1.807) is 6.92 Å². The van der Waals surface area contributed by atoms with Gasteiger partial charge in [0.25, 0.3) is 0 Å². The summed E-state index contributed by atoms with van der Waals surface area (Å²) >= 11 is 10.3. The second-order valence-corrected chi connectivity index (χ2v) is 14.0. The maximum absolute atomic E-state index is 4.70. The molecule has 0 saturated heterocycles. The predicted molar refractivity (Wildman–Crippen MR) is 181 cm³/mol. The van der Waals surface area contributed by atoms with Gasteiger partial charge >= 0.3 is 0 Å². The first-order valence-electron chi connectivity index (χ1n) is 13.3. The summed E-state index contributed by atoms with van der Waals surface area (Å²) < 4.78 is 0. The number of hydrogen-bond acceptors (Lipinski definition) is 6. The average molecular weight is 605 g/mol. The minimum Gasteiger partial charge on any atom is -0.229 e. The summed E-state index contributed by atoms with van der Waals surface area (Å²) in [6.45, 7) is 8.32. The third kappa shape index (κ3) is 5.95. The van der Waals surface area contributed by atoms with Crippen molar-refractivity contribution in [3.8, 4) is 52.9 Å². The van der Waals surface area contributed by atoms with Crippen molar-refractivity contribution in [3.63, 3.8) is 0 Å². The molecule has 6 aromatic rings. The molecular weight excluding hydrogens is 577 g/mol. The first-order valence-corrected chi connectivity index (χ1v) is 16.2. The van der Waals surface area contributed by atoms with Crippen molar-refractivity contribution in [2.24, 2.45) is 0 Å². The van der Waals surface area contributed by atoms with Gasteiger partial charge in [-0.2, -0.15) is 0 Å². The van der Waals surface area contributed by atoms with Crippen LogP contribution in [0.4, 0.5) is 0 Å². The summed E-state index contributed by atoms with van der Waals surface area (Å²) in [6, 6.07) is 24.4. The number of benzene rings is 2. The van der Waals surface area contributed by atoms with Crippen LogP contribution in [0.1, 0.15) is 39.9 Å². The van der Waals surface area contributed by atoms with Gasteiger partial charge in [-0.1, -0.05) is 41.8 Å². The number of rotatable bonds is 6. The Morgan fingerprint density at radius 2 is 1.46 bits per heavy atom. The molecule has 4 aromatic heterocycles. The molecule has 0 aliphatic heterocycles. The fraction of sp³-hybridized carbons (Fsp3) is 0.143. The molecule has 0 aliphatic rings. The molecule has 2 nitrogen and oxygen atoms in total. The van der Waals surface area contributed by atoms with Crippen LogP contribution in [0.2, 0.25) is 0 Å². The Kier molecular flexibility index (Phi) is 7.96. The fourth-order valence-corrected chi connectivity index (χ4v) is 8.67. The lowest BCUT2D eigenvalue weighted by Gasteiger charge is -2.12. The first kappa shape index (κ1) is 27.7. The molecule has 0 aliphatic carbocycles. The van der Waals surface area contributed by atoms with Gasteiger partial charge in [-0.25, -0.2) is 9.97 Å². The summed E-state index contributed by atoms with van der Waals surface area (Å²) in [4.78, 5) is 17.9. The molecule has 2 aromatic carbocycles. The second kappa shape index (κ2) is 11.8. The lowest BCUT2D eigenvalue weighted by molar-refractivity contribution is 1.12. The summed E-state index contributed by atoms with van der Waals surface area (Å²) in [7, 11) is 0. The molecule has 6 rings (SSSR count). The zero-order valence-electron chi connectivity index (χ0n) is 23.3. The lowest BCUT2D eigenvalue weighted by atomic mass is 9.95. The molecule has 0 bridgehead atoms. The van der Waals surface area contributed by atoms with E-state index >= 15 is 0 Å². The topological polar surface area (TPSA) is 25.8 Å². The van der Waals surface area contributed by atoms with Crippen molar-refractivity contribution in [1.82, 2.24) is 9.97 Å². The zero-order chi connectivity index (χ0) is 28.5. The van der Waals surface area contributed by atoms with Crippen LogP contribution < -0.4 is 0 Å². The van der Waals surface area contributed by atoms with Gasteiger partial charge < -0.3 is 0 Å². The van der Waals surface area contributed by atoms with Gasteiger partial charge in [-0.05, 0) is 104 Å². The van der Waals surface area contributed by atoms with E-state index in [4.69, 9.17) is 12.6 Å². The highest BCUT2D eigenvalue weighted by Crippen LogP contribution is 2.45.